The van der Waals surface area contributed by atoms with Gasteiger partial charge < -0.3 is 9.84 Å². The highest BCUT2D eigenvalue weighted by Crippen LogP contribution is 2.21. The van der Waals surface area contributed by atoms with E-state index in [4.69, 9.17) is 4.74 Å². The first kappa shape index (κ1) is 15.0. The Labute approximate surface area is 112 Å². The molecule has 1 rings (SSSR count). The lowest BCUT2D eigenvalue weighted by Gasteiger charge is -2.28. The fourth-order valence-electron chi connectivity index (χ4n) is 1.61. The van der Waals surface area contributed by atoms with E-state index in [2.05, 4.69) is 0 Å². The number of benzene rings is 1. The van der Waals surface area contributed by atoms with Crippen LogP contribution >= 0.6 is 0 Å². The van der Waals surface area contributed by atoms with Crippen LogP contribution < -0.4 is 0 Å². The number of carboxylic acids is 1. The summed E-state index contributed by atoms with van der Waals surface area (Å²) in [4.78, 5) is 24.4. The summed E-state index contributed by atoms with van der Waals surface area (Å²) in [6, 6.07) is 7.52. The number of hydrogen-bond donors (Lipinski definition) is 1. The maximum atomic E-state index is 11.9. The number of rotatable bonds is 3. The first-order chi connectivity index (χ1) is 8.72. The molecule has 1 N–H and O–H groups in total. The average molecular weight is 265 g/mol. The molecule has 1 aromatic rings. The van der Waals surface area contributed by atoms with Gasteiger partial charge in [-0.1, -0.05) is 30.3 Å². The summed E-state index contributed by atoms with van der Waals surface area (Å²) >= 11 is 0. The topological polar surface area (TPSA) is 66.8 Å². The van der Waals surface area contributed by atoms with Crippen molar-refractivity contribution in [1.29, 1.82) is 0 Å². The van der Waals surface area contributed by atoms with Crippen LogP contribution in [0.1, 0.15) is 32.4 Å². The molecule has 0 aliphatic carbocycles. The van der Waals surface area contributed by atoms with Crippen LogP contribution in [-0.2, 0) is 9.53 Å². The van der Waals surface area contributed by atoms with Crippen molar-refractivity contribution >= 4 is 12.1 Å². The minimum absolute atomic E-state index is 0.531. The average Bonchev–Trinajstić information content (AvgIpc) is 2.27. The number of amides is 1. The summed E-state index contributed by atoms with van der Waals surface area (Å²) in [5, 5.41) is 9.29. The molecule has 19 heavy (non-hydrogen) atoms. The summed E-state index contributed by atoms with van der Waals surface area (Å²) in [5.41, 5.74) is -0.131. The molecule has 0 aliphatic rings. The van der Waals surface area contributed by atoms with Crippen LogP contribution in [0.25, 0.3) is 0 Å². The summed E-state index contributed by atoms with van der Waals surface area (Å²) in [6.45, 7) is 5.20. The zero-order valence-electron chi connectivity index (χ0n) is 11.6. The van der Waals surface area contributed by atoms with Crippen molar-refractivity contribution in [3.05, 3.63) is 35.9 Å². The molecular weight excluding hydrogens is 246 g/mol. The molecule has 0 saturated heterocycles. The van der Waals surface area contributed by atoms with Crippen molar-refractivity contribution in [2.24, 2.45) is 0 Å². The maximum absolute atomic E-state index is 11.9. The van der Waals surface area contributed by atoms with Gasteiger partial charge in [0.2, 0.25) is 0 Å². The third-order valence-electron chi connectivity index (χ3n) is 2.42. The van der Waals surface area contributed by atoms with Gasteiger partial charge in [-0.15, -0.1) is 0 Å². The molecule has 0 bridgehead atoms. The second kappa shape index (κ2) is 5.73. The summed E-state index contributed by atoms with van der Waals surface area (Å²) in [5.74, 6) is -1.10. The quantitative estimate of drug-likeness (QED) is 0.912. The van der Waals surface area contributed by atoms with Gasteiger partial charge in [-0.25, -0.2) is 9.59 Å². The molecule has 0 radical (unpaired) electrons. The van der Waals surface area contributed by atoms with E-state index in [1.54, 1.807) is 51.1 Å². The minimum Gasteiger partial charge on any atom is -0.479 e. The van der Waals surface area contributed by atoms with E-state index in [-0.39, 0.29) is 0 Å². The molecule has 0 aromatic heterocycles. The Hall–Kier alpha value is -2.04. The highest BCUT2D eigenvalue weighted by molar-refractivity contribution is 5.81. The largest absolute Gasteiger partial charge is 0.479 e. The molecular formula is C14H19NO4. The number of ether oxygens (including phenoxy) is 1. The molecule has 0 fully saturated rings. The normalized spacial score (nSPS) is 12.6. The number of carbonyl (C=O) groups is 2. The smallest absolute Gasteiger partial charge is 0.411 e. The van der Waals surface area contributed by atoms with Gasteiger partial charge in [0.1, 0.15) is 5.60 Å². The third-order valence-corrected chi connectivity index (χ3v) is 2.42. The van der Waals surface area contributed by atoms with E-state index in [0.29, 0.717) is 5.56 Å². The highest BCUT2D eigenvalue weighted by Gasteiger charge is 2.31. The maximum Gasteiger partial charge on any atom is 0.411 e. The predicted octanol–water partition coefficient (Wildman–Crippen LogP) is 2.68. The van der Waals surface area contributed by atoms with Crippen LogP contribution in [0.5, 0.6) is 0 Å². The van der Waals surface area contributed by atoms with Crippen molar-refractivity contribution in [2.45, 2.75) is 32.4 Å². The molecule has 5 nitrogen and oxygen atoms in total. The second-order valence-electron chi connectivity index (χ2n) is 5.24. The highest BCUT2D eigenvalue weighted by atomic mass is 16.6. The lowest BCUT2D eigenvalue weighted by molar-refractivity contribution is -0.142. The second-order valence-corrected chi connectivity index (χ2v) is 5.24. The van der Waals surface area contributed by atoms with E-state index in [1.807, 2.05) is 0 Å². The van der Waals surface area contributed by atoms with Gasteiger partial charge in [0.15, 0.2) is 6.04 Å². The number of carbonyl (C=O) groups excluding carboxylic acids is 1. The summed E-state index contributed by atoms with van der Waals surface area (Å²) in [7, 11) is 1.42. The van der Waals surface area contributed by atoms with Gasteiger partial charge in [0.25, 0.3) is 0 Å². The van der Waals surface area contributed by atoms with Crippen LogP contribution in [0.3, 0.4) is 0 Å². The Balaban J connectivity index is 2.95. The molecule has 1 amide bonds. The van der Waals surface area contributed by atoms with Crippen molar-refractivity contribution in [1.82, 2.24) is 4.90 Å². The summed E-state index contributed by atoms with van der Waals surface area (Å²) < 4.78 is 5.18. The lowest BCUT2D eigenvalue weighted by atomic mass is 10.1. The first-order valence-electron chi connectivity index (χ1n) is 5.96. The third kappa shape index (κ3) is 4.28. The van der Waals surface area contributed by atoms with Crippen LogP contribution in [0.4, 0.5) is 4.79 Å². The molecule has 0 spiro atoms. The molecule has 0 saturated carbocycles. The number of nitrogens with zero attached hydrogens (tertiary/aromatic N) is 1. The van der Waals surface area contributed by atoms with E-state index < -0.39 is 23.7 Å². The Kier molecular flexibility index (Phi) is 4.53. The molecule has 1 aromatic carbocycles. The number of hydrogen-bond acceptors (Lipinski definition) is 3. The van der Waals surface area contributed by atoms with Crippen molar-refractivity contribution in [3.8, 4) is 0 Å². The standard InChI is InChI=1S/C14H19NO4/c1-14(2,3)19-13(18)15(4)11(12(16)17)10-8-6-5-7-9-10/h5-9,11H,1-4H3,(H,16,17)/t11-/m0/s1. The Morgan fingerprint density at radius 3 is 2.16 bits per heavy atom. The van der Waals surface area contributed by atoms with Crippen LogP contribution in [0, 0.1) is 0 Å². The molecule has 104 valence electrons. The zero-order valence-corrected chi connectivity index (χ0v) is 11.6. The predicted molar refractivity (Wildman–Crippen MR) is 70.8 cm³/mol. The van der Waals surface area contributed by atoms with Gasteiger partial charge in [-0.2, -0.15) is 0 Å². The van der Waals surface area contributed by atoms with Crippen LogP contribution in [0.15, 0.2) is 30.3 Å². The molecule has 1 atom stereocenters. The van der Waals surface area contributed by atoms with Gasteiger partial charge in [0.05, 0.1) is 0 Å². The number of aliphatic carboxylic acids is 1. The van der Waals surface area contributed by atoms with E-state index in [0.717, 1.165) is 4.90 Å². The van der Waals surface area contributed by atoms with Crippen LogP contribution in [0.2, 0.25) is 0 Å². The van der Waals surface area contributed by atoms with Crippen molar-refractivity contribution in [2.75, 3.05) is 7.05 Å². The van der Waals surface area contributed by atoms with Gasteiger partial charge >= 0.3 is 12.1 Å². The Morgan fingerprint density at radius 1 is 1.21 bits per heavy atom. The Bertz CT molecular complexity index is 450. The zero-order chi connectivity index (χ0) is 14.6. The van der Waals surface area contributed by atoms with E-state index in [9.17, 15) is 14.7 Å². The first-order valence-corrected chi connectivity index (χ1v) is 5.96. The van der Waals surface area contributed by atoms with Gasteiger partial charge in [-0.05, 0) is 26.3 Å². The van der Waals surface area contributed by atoms with Gasteiger partial charge in [-0.3, -0.25) is 4.90 Å². The van der Waals surface area contributed by atoms with Gasteiger partial charge in [0, 0.05) is 7.05 Å². The monoisotopic (exact) mass is 265 g/mol. The molecule has 5 heteroatoms. The molecule has 0 aliphatic heterocycles. The van der Waals surface area contributed by atoms with Crippen molar-refractivity contribution in [3.63, 3.8) is 0 Å². The number of likely N-dealkylation sites (N-methyl/N-ethyl adjacent to an activating group) is 1. The van der Waals surface area contributed by atoms with E-state index in [1.165, 1.54) is 7.05 Å². The molecule has 0 unspecified atom stereocenters. The minimum atomic E-state index is -1.10. The number of carboxylic acid groups (broad SMARTS) is 1. The van der Waals surface area contributed by atoms with Crippen molar-refractivity contribution < 1.29 is 19.4 Å². The van der Waals surface area contributed by atoms with Crippen LogP contribution in [-0.4, -0.2) is 34.7 Å². The fourth-order valence-corrected chi connectivity index (χ4v) is 1.61. The fraction of sp³-hybridized carbons (Fsp3) is 0.429. The lowest BCUT2D eigenvalue weighted by Crippen LogP contribution is -2.39. The SMILES string of the molecule is CN(C(=O)OC(C)(C)C)[C@H](C(=O)O)c1ccccc1. The summed E-state index contributed by atoms with van der Waals surface area (Å²) in [6.07, 6.45) is -0.663. The van der Waals surface area contributed by atoms with E-state index >= 15 is 0 Å². The molecule has 0 heterocycles. The Morgan fingerprint density at radius 2 is 1.74 bits per heavy atom.